The fourth-order valence-corrected chi connectivity index (χ4v) is 13.4. The number of carboxylic acid groups (broad SMARTS) is 1. The third-order valence-electron chi connectivity index (χ3n) is 17.0. The summed E-state index contributed by atoms with van der Waals surface area (Å²) in [5, 5.41) is 10.1. The first kappa shape index (κ1) is 36.4. The Bertz CT molecular complexity index is 1670. The Balaban J connectivity index is 1.18. The lowest BCUT2D eigenvalue weighted by Gasteiger charge is -2.70. The molecule has 51 heavy (non-hydrogen) atoms. The van der Waals surface area contributed by atoms with Crippen molar-refractivity contribution in [3.63, 3.8) is 0 Å². The van der Waals surface area contributed by atoms with Crippen LogP contribution in [0.2, 0.25) is 0 Å². The molecule has 1 heterocycles. The number of hydrogen-bond acceptors (Lipinski definition) is 5. The molecule has 6 aliphatic rings. The molecule has 7 nitrogen and oxygen atoms in total. The molecule has 0 radical (unpaired) electrons. The van der Waals surface area contributed by atoms with Gasteiger partial charge in [-0.15, -0.1) is 0 Å². The fourth-order valence-electron chi connectivity index (χ4n) is 13.4. The molecular formula is C44H61NO6. The number of esters is 1. The van der Waals surface area contributed by atoms with Crippen LogP contribution < -0.4 is 0 Å². The summed E-state index contributed by atoms with van der Waals surface area (Å²) >= 11 is 0. The second-order valence-corrected chi connectivity index (χ2v) is 19.9. The van der Waals surface area contributed by atoms with Gasteiger partial charge in [0.2, 0.25) is 5.91 Å². The van der Waals surface area contributed by atoms with Crippen LogP contribution in [0.5, 0.6) is 0 Å². The van der Waals surface area contributed by atoms with E-state index < -0.39 is 16.9 Å². The summed E-state index contributed by atoms with van der Waals surface area (Å²) in [6.07, 6.45) is 11.1. The Morgan fingerprint density at radius 2 is 1.55 bits per heavy atom. The van der Waals surface area contributed by atoms with E-state index in [4.69, 9.17) is 4.74 Å². The number of benzene rings is 1. The normalized spacial score (nSPS) is 44.3. The van der Waals surface area contributed by atoms with Crippen LogP contribution in [-0.4, -0.2) is 45.7 Å². The largest absolute Gasteiger partial charge is 0.480 e. The van der Waals surface area contributed by atoms with Gasteiger partial charge in [-0.25, -0.2) is 4.79 Å². The highest BCUT2D eigenvalue weighted by atomic mass is 16.5. The van der Waals surface area contributed by atoms with Crippen LogP contribution in [0.4, 0.5) is 0 Å². The molecule has 7 rings (SSSR count). The summed E-state index contributed by atoms with van der Waals surface area (Å²) in [4.78, 5) is 57.0. The van der Waals surface area contributed by atoms with E-state index in [1.54, 1.807) is 11.8 Å². The zero-order valence-electron chi connectivity index (χ0n) is 32.4. The first-order chi connectivity index (χ1) is 23.8. The predicted molar refractivity (Wildman–Crippen MR) is 196 cm³/mol. The van der Waals surface area contributed by atoms with E-state index in [0.29, 0.717) is 32.2 Å². The topological polar surface area (TPSA) is 101 Å². The van der Waals surface area contributed by atoms with Gasteiger partial charge in [-0.2, -0.15) is 0 Å². The van der Waals surface area contributed by atoms with Gasteiger partial charge in [-0.3, -0.25) is 14.4 Å². The van der Waals surface area contributed by atoms with Gasteiger partial charge in [0.25, 0.3) is 0 Å². The zero-order chi connectivity index (χ0) is 37.0. The van der Waals surface area contributed by atoms with Crippen LogP contribution in [0.3, 0.4) is 0 Å². The molecule has 10 atom stereocenters. The van der Waals surface area contributed by atoms with Crippen LogP contribution in [0.1, 0.15) is 132 Å². The number of carbonyl (C=O) groups excluding carboxylic acids is 3. The van der Waals surface area contributed by atoms with Crippen molar-refractivity contribution in [2.75, 3.05) is 6.54 Å². The highest BCUT2D eigenvalue weighted by molar-refractivity contribution is 5.96. The Labute approximate surface area is 305 Å². The molecule has 4 saturated carbocycles. The minimum Gasteiger partial charge on any atom is -0.480 e. The van der Waals surface area contributed by atoms with Crippen molar-refractivity contribution in [3.8, 4) is 0 Å². The highest BCUT2D eigenvalue weighted by Crippen LogP contribution is 2.75. The quantitative estimate of drug-likeness (QED) is 0.309. The highest BCUT2D eigenvalue weighted by Gasteiger charge is 2.71. The maximum absolute atomic E-state index is 14.9. The van der Waals surface area contributed by atoms with Crippen LogP contribution in [0.25, 0.3) is 0 Å². The number of allylic oxidation sites excluding steroid dienone is 2. The number of aliphatic carboxylic acids is 1. The molecule has 0 spiro atoms. The van der Waals surface area contributed by atoms with Crippen molar-refractivity contribution in [1.82, 2.24) is 4.90 Å². The third kappa shape index (κ3) is 5.08. The monoisotopic (exact) mass is 699 g/mol. The maximum atomic E-state index is 14.9. The summed E-state index contributed by atoms with van der Waals surface area (Å²) in [5.74, 6) is -0.955. The average Bonchev–Trinajstić information content (AvgIpc) is 3.48. The Morgan fingerprint density at radius 1 is 0.863 bits per heavy atom. The molecule has 0 bridgehead atoms. The second kappa shape index (κ2) is 11.8. The lowest BCUT2D eigenvalue weighted by Crippen LogP contribution is -2.67. The number of fused-ring (bicyclic) bond motifs is 7. The minimum atomic E-state index is -1.16. The number of likely N-dealkylation sites (tertiary alicyclic amines) is 1. The molecule has 1 N–H and O–H groups in total. The average molecular weight is 700 g/mol. The van der Waals surface area contributed by atoms with Gasteiger partial charge in [0.15, 0.2) is 5.78 Å². The van der Waals surface area contributed by atoms with E-state index in [1.807, 2.05) is 30.3 Å². The Morgan fingerprint density at radius 3 is 2.24 bits per heavy atom. The van der Waals surface area contributed by atoms with E-state index in [2.05, 4.69) is 54.5 Å². The smallest absolute Gasteiger partial charge is 0.329 e. The summed E-state index contributed by atoms with van der Waals surface area (Å²) in [6.45, 7) is 18.5. The number of ether oxygens (including phenoxy) is 1. The van der Waals surface area contributed by atoms with Crippen LogP contribution in [-0.2, 0) is 30.5 Å². The van der Waals surface area contributed by atoms with E-state index in [0.717, 1.165) is 50.5 Å². The molecule has 1 aromatic carbocycles. The summed E-state index contributed by atoms with van der Waals surface area (Å²) < 4.78 is 5.96. The maximum Gasteiger partial charge on any atom is 0.329 e. The number of nitrogens with zero attached hydrogens (tertiary/aromatic N) is 1. The van der Waals surface area contributed by atoms with Crippen molar-refractivity contribution in [2.24, 2.45) is 56.2 Å². The van der Waals surface area contributed by atoms with Gasteiger partial charge in [-0.1, -0.05) is 77.4 Å². The van der Waals surface area contributed by atoms with Gasteiger partial charge < -0.3 is 14.7 Å². The van der Waals surface area contributed by atoms with Crippen LogP contribution >= 0.6 is 0 Å². The molecule has 278 valence electrons. The zero-order valence-corrected chi connectivity index (χ0v) is 32.4. The van der Waals surface area contributed by atoms with E-state index in [1.165, 1.54) is 5.57 Å². The second-order valence-electron chi connectivity index (χ2n) is 19.9. The molecule has 7 heteroatoms. The van der Waals surface area contributed by atoms with Gasteiger partial charge in [0.1, 0.15) is 12.1 Å². The lowest BCUT2D eigenvalue weighted by atomic mass is 9.33. The van der Waals surface area contributed by atoms with Crippen LogP contribution in [0, 0.1) is 56.2 Å². The molecule has 1 aliphatic heterocycles. The number of carbonyl (C=O) groups is 4. The van der Waals surface area contributed by atoms with Crippen molar-refractivity contribution in [2.45, 2.75) is 138 Å². The Hall–Kier alpha value is -2.96. The van der Waals surface area contributed by atoms with Crippen molar-refractivity contribution < 1.29 is 29.0 Å². The van der Waals surface area contributed by atoms with Gasteiger partial charge in [0, 0.05) is 18.4 Å². The molecular weight excluding hydrogens is 638 g/mol. The predicted octanol–water partition coefficient (Wildman–Crippen LogP) is 8.79. The first-order valence-electron chi connectivity index (χ1n) is 19.8. The number of carboxylic acids is 1. The van der Waals surface area contributed by atoms with Crippen molar-refractivity contribution in [1.29, 1.82) is 0 Å². The van der Waals surface area contributed by atoms with Gasteiger partial charge in [-0.05, 0) is 135 Å². The van der Waals surface area contributed by atoms with E-state index in [-0.39, 0.29) is 75.0 Å². The van der Waals surface area contributed by atoms with Crippen molar-refractivity contribution in [3.05, 3.63) is 47.5 Å². The van der Waals surface area contributed by atoms with Gasteiger partial charge in [0.05, 0.1) is 5.41 Å². The summed E-state index contributed by atoms with van der Waals surface area (Å²) in [6, 6.07) is 9.86. The number of amides is 1. The summed E-state index contributed by atoms with van der Waals surface area (Å²) in [5.41, 5.74) is -0.544. The number of rotatable bonds is 5. The number of ketones is 1. The molecule has 5 aliphatic carbocycles. The van der Waals surface area contributed by atoms with Gasteiger partial charge >= 0.3 is 11.9 Å². The van der Waals surface area contributed by atoms with Crippen molar-refractivity contribution >= 4 is 23.6 Å². The molecule has 1 saturated heterocycles. The standard InChI is InChI=1S/C44H61NO6/c1-38(2)29(35(47)45-24-12-17-44(45,8)36(48)49)15-18-41(5)33(38)16-19-43(7)34(41)32(46)25-30-31-26-40(4,21-20-39(31,3)22-23-42(30,43)6)37(50)51-27-28-13-10-9-11-14-28/h9-11,13-14,25,29,31,33-34H,12,15-24,26-27H2,1-8H3,(H,48,49)/t29-,31+,33+,34-,39-,40+,41+,42-,43-,44-/m1/s1. The fraction of sp³-hybridized carbons (Fsp3) is 0.727. The molecule has 0 unspecified atom stereocenters. The number of hydrogen-bond donors (Lipinski definition) is 1. The van der Waals surface area contributed by atoms with E-state index >= 15 is 0 Å². The third-order valence-corrected chi connectivity index (χ3v) is 17.0. The molecule has 5 fully saturated rings. The molecule has 1 aromatic rings. The van der Waals surface area contributed by atoms with Crippen LogP contribution in [0.15, 0.2) is 42.0 Å². The first-order valence-corrected chi connectivity index (χ1v) is 19.8. The lowest BCUT2D eigenvalue weighted by molar-refractivity contribution is -0.198. The Kier molecular flexibility index (Phi) is 8.40. The molecule has 0 aromatic heterocycles. The minimum absolute atomic E-state index is 0.0175. The summed E-state index contributed by atoms with van der Waals surface area (Å²) in [7, 11) is 0. The van der Waals surface area contributed by atoms with E-state index in [9.17, 15) is 24.3 Å². The molecule has 1 amide bonds. The SMILES string of the molecule is CC1(C)[C@@H](C(=O)N2CCC[C@]2(C)C(=O)O)CC[C@]2(C)[C@H]3C(=O)C=C4[C@@H]5C[C@@](C)(C(=O)OCc6ccccc6)CC[C@]5(C)CC[C@@]4(C)[C@]3(C)CC[C@@H]12.